The molecule has 0 radical (unpaired) electrons. The van der Waals surface area contributed by atoms with Gasteiger partial charge in [-0.1, -0.05) is 41.9 Å². The third-order valence-corrected chi connectivity index (χ3v) is 4.62. The number of nitrogens with zero attached hydrogens (tertiary/aromatic N) is 1. The molecule has 1 amide bonds. The summed E-state index contributed by atoms with van der Waals surface area (Å²) in [5.74, 6) is -0.373. The second kappa shape index (κ2) is 10.5. The molecule has 3 rings (SSSR count). The highest BCUT2D eigenvalue weighted by molar-refractivity contribution is 6.31. The van der Waals surface area contributed by atoms with Crippen molar-refractivity contribution in [1.29, 1.82) is 5.26 Å². The van der Waals surface area contributed by atoms with Crippen LogP contribution in [0.3, 0.4) is 0 Å². The van der Waals surface area contributed by atoms with Crippen molar-refractivity contribution in [3.8, 4) is 17.4 Å². The van der Waals surface area contributed by atoms with Gasteiger partial charge < -0.3 is 14.5 Å². The minimum atomic E-state index is -0.516. The molecule has 1 aromatic heterocycles. The Morgan fingerprint density at radius 3 is 2.59 bits per heavy atom. The van der Waals surface area contributed by atoms with Crippen LogP contribution >= 0.6 is 11.6 Å². The number of ether oxygens (including phenoxy) is 1. The van der Waals surface area contributed by atoms with Crippen LogP contribution in [0.1, 0.15) is 35.5 Å². The Morgan fingerprint density at radius 1 is 1.16 bits per heavy atom. The second-order valence-corrected chi connectivity index (χ2v) is 7.62. The molecule has 3 aromatic rings. The number of nitriles is 1. The number of halogens is 1. The summed E-state index contributed by atoms with van der Waals surface area (Å²) in [6, 6.07) is 19.3. The molecule has 2 aromatic carbocycles. The summed E-state index contributed by atoms with van der Waals surface area (Å²) in [6.45, 7) is 3.82. The van der Waals surface area contributed by atoms with E-state index in [1.165, 1.54) is 6.08 Å². The number of nitrogens with one attached hydrogen (secondary N) is 1. The smallest absolute Gasteiger partial charge is 0.339 e. The Kier molecular flexibility index (Phi) is 7.48. The van der Waals surface area contributed by atoms with E-state index in [9.17, 15) is 14.9 Å². The van der Waals surface area contributed by atoms with E-state index in [1.54, 1.807) is 44.2 Å². The number of carbonyl (C=O) groups excluding carboxylic acids is 2. The van der Waals surface area contributed by atoms with Gasteiger partial charge in [0.1, 0.15) is 23.2 Å². The maximum absolute atomic E-state index is 12.5. The van der Waals surface area contributed by atoms with Gasteiger partial charge >= 0.3 is 5.97 Å². The van der Waals surface area contributed by atoms with Crippen LogP contribution in [0.5, 0.6) is 0 Å². The van der Waals surface area contributed by atoms with Crippen molar-refractivity contribution >= 4 is 29.6 Å². The summed E-state index contributed by atoms with van der Waals surface area (Å²) in [4.78, 5) is 24.9. The van der Waals surface area contributed by atoms with E-state index in [4.69, 9.17) is 20.8 Å². The Hall–Kier alpha value is -3.82. The van der Waals surface area contributed by atoms with Crippen LogP contribution in [0, 0.1) is 11.3 Å². The fourth-order valence-electron chi connectivity index (χ4n) is 2.92. The van der Waals surface area contributed by atoms with Crippen molar-refractivity contribution in [2.45, 2.75) is 26.5 Å². The zero-order valence-corrected chi connectivity index (χ0v) is 18.3. The first-order valence-electron chi connectivity index (χ1n) is 9.92. The van der Waals surface area contributed by atoms with Crippen LogP contribution in [-0.4, -0.2) is 18.0 Å². The monoisotopic (exact) mass is 448 g/mol. The first-order valence-corrected chi connectivity index (χ1v) is 10.3. The molecule has 0 aliphatic heterocycles. The van der Waals surface area contributed by atoms with E-state index in [0.717, 1.165) is 5.56 Å². The lowest BCUT2D eigenvalue weighted by Crippen LogP contribution is -2.23. The van der Waals surface area contributed by atoms with Gasteiger partial charge in [-0.25, -0.2) is 4.79 Å². The fourth-order valence-corrected chi connectivity index (χ4v) is 3.09. The van der Waals surface area contributed by atoms with E-state index in [1.807, 2.05) is 36.4 Å². The molecular formula is C25H21ClN2O4. The van der Waals surface area contributed by atoms with Gasteiger partial charge in [0.05, 0.1) is 11.7 Å². The van der Waals surface area contributed by atoms with Crippen LogP contribution in [0.4, 0.5) is 0 Å². The van der Waals surface area contributed by atoms with E-state index < -0.39 is 11.9 Å². The topological polar surface area (TPSA) is 92.3 Å². The molecule has 1 N–H and O–H groups in total. The van der Waals surface area contributed by atoms with Gasteiger partial charge in [-0.2, -0.15) is 5.26 Å². The van der Waals surface area contributed by atoms with E-state index >= 15 is 0 Å². The van der Waals surface area contributed by atoms with E-state index in [2.05, 4.69) is 5.32 Å². The number of hydrogen-bond donors (Lipinski definition) is 1. The Balaban J connectivity index is 1.82. The van der Waals surface area contributed by atoms with Gasteiger partial charge in [0.15, 0.2) is 0 Å². The molecule has 0 atom stereocenters. The van der Waals surface area contributed by atoms with Crippen molar-refractivity contribution in [2.75, 3.05) is 0 Å². The molecule has 0 unspecified atom stereocenters. The summed E-state index contributed by atoms with van der Waals surface area (Å²) in [5.41, 5.74) is 1.57. The predicted octanol–water partition coefficient (Wildman–Crippen LogP) is 5.39. The Morgan fingerprint density at radius 2 is 1.91 bits per heavy atom. The Labute approximate surface area is 191 Å². The molecule has 0 aliphatic rings. The molecule has 7 heteroatoms. The minimum Gasteiger partial charge on any atom is -0.459 e. The quantitative estimate of drug-likeness (QED) is 0.297. The summed E-state index contributed by atoms with van der Waals surface area (Å²) in [7, 11) is 0. The molecule has 6 nitrogen and oxygen atoms in total. The first kappa shape index (κ1) is 22.9. The zero-order chi connectivity index (χ0) is 23.1. The first-order chi connectivity index (χ1) is 15.4. The maximum atomic E-state index is 12.5. The summed E-state index contributed by atoms with van der Waals surface area (Å²) in [5, 5.41) is 12.5. The van der Waals surface area contributed by atoms with Crippen LogP contribution in [0.25, 0.3) is 17.4 Å². The molecule has 0 saturated heterocycles. The molecule has 0 fully saturated rings. The highest BCUT2D eigenvalue weighted by atomic mass is 35.5. The fraction of sp³-hybridized carbons (Fsp3) is 0.160. The SMILES string of the molecule is CC(C)OC(=O)c1ccc(Cl)cc1-c1ccc(/C=C(\C#N)C(=O)NCc2ccccc2)o1. The predicted molar refractivity (Wildman–Crippen MR) is 122 cm³/mol. The number of esters is 1. The second-order valence-electron chi connectivity index (χ2n) is 7.18. The normalized spacial score (nSPS) is 11.2. The van der Waals surface area contributed by atoms with Crippen molar-refractivity contribution in [2.24, 2.45) is 0 Å². The van der Waals surface area contributed by atoms with Gasteiger partial charge in [-0.05, 0) is 49.7 Å². The maximum Gasteiger partial charge on any atom is 0.339 e. The van der Waals surface area contributed by atoms with Crippen LogP contribution in [0.2, 0.25) is 5.02 Å². The summed E-state index contributed by atoms with van der Waals surface area (Å²) in [6.07, 6.45) is 1.06. The zero-order valence-electron chi connectivity index (χ0n) is 17.6. The van der Waals surface area contributed by atoms with Gasteiger partial charge in [-0.15, -0.1) is 0 Å². The van der Waals surface area contributed by atoms with Crippen LogP contribution in [-0.2, 0) is 16.1 Å². The molecule has 162 valence electrons. The average Bonchev–Trinajstić information content (AvgIpc) is 3.24. The average molecular weight is 449 g/mol. The van der Waals surface area contributed by atoms with E-state index in [-0.39, 0.29) is 17.4 Å². The molecule has 0 saturated carbocycles. The van der Waals surface area contributed by atoms with Gasteiger partial charge in [0, 0.05) is 23.2 Å². The van der Waals surface area contributed by atoms with Gasteiger partial charge in [0.2, 0.25) is 0 Å². The summed E-state index contributed by atoms with van der Waals surface area (Å²) < 4.78 is 11.1. The molecule has 1 heterocycles. The largest absolute Gasteiger partial charge is 0.459 e. The number of rotatable bonds is 7. The van der Waals surface area contributed by atoms with Crippen molar-refractivity contribution < 1.29 is 18.7 Å². The molecule has 0 bridgehead atoms. The number of furan rings is 1. The lowest BCUT2D eigenvalue weighted by molar-refractivity contribution is -0.117. The number of amides is 1. The third-order valence-electron chi connectivity index (χ3n) is 4.38. The number of hydrogen-bond acceptors (Lipinski definition) is 5. The third kappa shape index (κ3) is 5.87. The molecule has 0 aliphatic carbocycles. The Bertz CT molecular complexity index is 1190. The molecule has 32 heavy (non-hydrogen) atoms. The van der Waals surface area contributed by atoms with Crippen molar-refractivity contribution in [1.82, 2.24) is 5.32 Å². The van der Waals surface area contributed by atoms with Gasteiger partial charge in [-0.3, -0.25) is 4.79 Å². The highest BCUT2D eigenvalue weighted by Crippen LogP contribution is 2.30. The molecular weight excluding hydrogens is 428 g/mol. The van der Waals surface area contributed by atoms with Gasteiger partial charge in [0.25, 0.3) is 5.91 Å². The highest BCUT2D eigenvalue weighted by Gasteiger charge is 2.19. The molecule has 0 spiro atoms. The summed E-state index contributed by atoms with van der Waals surface area (Å²) >= 11 is 6.12. The lowest BCUT2D eigenvalue weighted by atomic mass is 10.1. The van der Waals surface area contributed by atoms with Crippen LogP contribution in [0.15, 0.2) is 70.7 Å². The van der Waals surface area contributed by atoms with Crippen molar-refractivity contribution in [3.63, 3.8) is 0 Å². The van der Waals surface area contributed by atoms with E-state index in [0.29, 0.717) is 28.5 Å². The standard InChI is InChI=1S/C25H21ClN2O4/c1-16(2)31-25(30)21-10-8-19(26)13-22(21)23-11-9-20(32-23)12-18(14-27)24(29)28-15-17-6-4-3-5-7-17/h3-13,16H,15H2,1-2H3,(H,28,29)/b18-12+. The number of carbonyl (C=O) groups is 2. The minimum absolute atomic E-state index is 0.104. The lowest BCUT2D eigenvalue weighted by Gasteiger charge is -2.11. The van der Waals surface area contributed by atoms with Crippen LogP contribution < -0.4 is 5.32 Å². The number of benzene rings is 2. The van der Waals surface area contributed by atoms with Crippen molar-refractivity contribution in [3.05, 3.63) is 88.1 Å².